The number of hydrogen-bond donors (Lipinski definition) is 2. The van der Waals surface area contributed by atoms with Crippen LogP contribution in [0.15, 0.2) is 18.2 Å². The molecule has 1 aromatic carbocycles. The highest BCUT2D eigenvalue weighted by Crippen LogP contribution is 2.14. The van der Waals surface area contributed by atoms with Gasteiger partial charge in [0.1, 0.15) is 5.82 Å². The van der Waals surface area contributed by atoms with Crippen LogP contribution < -0.4 is 5.73 Å². The number of amides is 1. The number of carbonyl (C=O) groups excluding carboxylic acids is 1. The standard InChI is InChI=1S/C15H19FN2O2/c1-15(2,20)10-18(3)14(19)13-9-12(16)7-6-11(13)5-4-8-17/h6-7,9,20H,8,10,17H2,1-3H3. The Morgan fingerprint density at radius 1 is 1.50 bits per heavy atom. The van der Waals surface area contributed by atoms with Crippen molar-refractivity contribution in [2.75, 3.05) is 20.1 Å². The van der Waals surface area contributed by atoms with Crippen LogP contribution in [-0.4, -0.2) is 41.7 Å². The molecule has 0 spiro atoms. The molecule has 20 heavy (non-hydrogen) atoms. The molecule has 0 fully saturated rings. The number of aliphatic hydroxyl groups is 1. The molecule has 0 aliphatic rings. The van der Waals surface area contributed by atoms with Crippen molar-refractivity contribution in [2.45, 2.75) is 19.4 Å². The van der Waals surface area contributed by atoms with Gasteiger partial charge in [0.25, 0.3) is 5.91 Å². The third-order valence-corrected chi connectivity index (χ3v) is 2.51. The molecule has 0 aliphatic carbocycles. The number of hydrogen-bond acceptors (Lipinski definition) is 3. The highest BCUT2D eigenvalue weighted by atomic mass is 19.1. The van der Waals surface area contributed by atoms with E-state index in [1.807, 2.05) is 0 Å². The Morgan fingerprint density at radius 2 is 2.15 bits per heavy atom. The predicted molar refractivity (Wildman–Crippen MR) is 75.6 cm³/mol. The van der Waals surface area contributed by atoms with E-state index in [0.29, 0.717) is 5.56 Å². The van der Waals surface area contributed by atoms with Gasteiger partial charge in [-0.3, -0.25) is 4.79 Å². The quantitative estimate of drug-likeness (QED) is 0.810. The SMILES string of the molecule is CN(CC(C)(C)O)C(=O)c1cc(F)ccc1C#CCN. The van der Waals surface area contributed by atoms with Crippen molar-refractivity contribution in [1.82, 2.24) is 4.90 Å². The molecular weight excluding hydrogens is 259 g/mol. The zero-order chi connectivity index (χ0) is 15.3. The van der Waals surface area contributed by atoms with Crippen molar-refractivity contribution in [3.63, 3.8) is 0 Å². The van der Waals surface area contributed by atoms with E-state index in [1.54, 1.807) is 20.9 Å². The van der Waals surface area contributed by atoms with Gasteiger partial charge in [0.05, 0.1) is 17.7 Å². The molecule has 0 saturated heterocycles. The van der Waals surface area contributed by atoms with E-state index in [-0.39, 0.29) is 18.7 Å². The first-order chi connectivity index (χ1) is 9.24. The van der Waals surface area contributed by atoms with Crippen LogP contribution in [0.4, 0.5) is 4.39 Å². The van der Waals surface area contributed by atoms with Crippen molar-refractivity contribution in [3.05, 3.63) is 35.1 Å². The zero-order valence-corrected chi connectivity index (χ0v) is 11.9. The molecule has 0 atom stereocenters. The Kier molecular flexibility index (Phi) is 5.26. The third-order valence-electron chi connectivity index (χ3n) is 2.51. The fourth-order valence-corrected chi connectivity index (χ4v) is 1.81. The summed E-state index contributed by atoms with van der Waals surface area (Å²) in [6, 6.07) is 3.83. The molecule has 4 nitrogen and oxygen atoms in total. The number of benzene rings is 1. The van der Waals surface area contributed by atoms with E-state index in [2.05, 4.69) is 11.8 Å². The average molecular weight is 278 g/mol. The van der Waals surface area contributed by atoms with Crippen LogP contribution in [0.25, 0.3) is 0 Å². The Labute approximate surface area is 118 Å². The maximum atomic E-state index is 13.3. The van der Waals surface area contributed by atoms with Crippen molar-refractivity contribution >= 4 is 5.91 Å². The van der Waals surface area contributed by atoms with Crippen molar-refractivity contribution in [2.24, 2.45) is 5.73 Å². The smallest absolute Gasteiger partial charge is 0.255 e. The molecule has 1 amide bonds. The number of nitrogens with two attached hydrogens (primary N) is 1. The second kappa shape index (κ2) is 6.51. The van der Waals surface area contributed by atoms with Gasteiger partial charge in [-0.2, -0.15) is 0 Å². The van der Waals surface area contributed by atoms with Gasteiger partial charge in [-0.05, 0) is 32.0 Å². The number of nitrogens with zero attached hydrogens (tertiary/aromatic N) is 1. The van der Waals surface area contributed by atoms with Gasteiger partial charge < -0.3 is 15.7 Å². The summed E-state index contributed by atoms with van der Waals surface area (Å²) in [7, 11) is 1.55. The summed E-state index contributed by atoms with van der Waals surface area (Å²) in [5.74, 6) is 4.48. The Balaban J connectivity index is 3.11. The van der Waals surface area contributed by atoms with Crippen LogP contribution in [0.1, 0.15) is 29.8 Å². The molecule has 0 aromatic heterocycles. The highest BCUT2D eigenvalue weighted by Gasteiger charge is 2.22. The van der Waals surface area contributed by atoms with Gasteiger partial charge in [0.2, 0.25) is 0 Å². The second-order valence-corrected chi connectivity index (χ2v) is 5.17. The lowest BCUT2D eigenvalue weighted by atomic mass is 10.0. The first kappa shape index (κ1) is 16.2. The Morgan fingerprint density at radius 3 is 2.70 bits per heavy atom. The van der Waals surface area contributed by atoms with Crippen LogP contribution in [0.3, 0.4) is 0 Å². The van der Waals surface area contributed by atoms with Crippen LogP contribution in [0.5, 0.6) is 0 Å². The molecule has 0 radical (unpaired) electrons. The van der Waals surface area contributed by atoms with Crippen LogP contribution in [0, 0.1) is 17.7 Å². The number of likely N-dealkylation sites (N-methyl/N-ethyl adjacent to an activating group) is 1. The molecule has 0 unspecified atom stereocenters. The average Bonchev–Trinajstić information content (AvgIpc) is 2.34. The number of carbonyl (C=O) groups is 1. The van der Waals surface area contributed by atoms with E-state index < -0.39 is 17.3 Å². The van der Waals surface area contributed by atoms with Crippen LogP contribution in [0.2, 0.25) is 0 Å². The van der Waals surface area contributed by atoms with Gasteiger partial charge >= 0.3 is 0 Å². The minimum atomic E-state index is -1.03. The van der Waals surface area contributed by atoms with E-state index in [0.717, 1.165) is 6.07 Å². The molecular formula is C15H19FN2O2. The minimum Gasteiger partial charge on any atom is -0.389 e. The van der Waals surface area contributed by atoms with Gasteiger partial charge in [-0.25, -0.2) is 4.39 Å². The van der Waals surface area contributed by atoms with Crippen molar-refractivity contribution < 1.29 is 14.3 Å². The van der Waals surface area contributed by atoms with E-state index >= 15 is 0 Å². The molecule has 0 saturated carbocycles. The van der Waals surface area contributed by atoms with E-state index in [1.165, 1.54) is 17.0 Å². The fraction of sp³-hybridized carbons (Fsp3) is 0.400. The first-order valence-electron chi connectivity index (χ1n) is 6.21. The van der Waals surface area contributed by atoms with Gasteiger partial charge in [0.15, 0.2) is 0 Å². The summed E-state index contributed by atoms with van der Waals surface area (Å²) in [6.45, 7) is 3.48. The van der Waals surface area contributed by atoms with Crippen molar-refractivity contribution in [3.8, 4) is 11.8 Å². The van der Waals surface area contributed by atoms with Crippen LogP contribution in [-0.2, 0) is 0 Å². The second-order valence-electron chi connectivity index (χ2n) is 5.17. The molecule has 108 valence electrons. The van der Waals surface area contributed by atoms with Gasteiger partial charge in [-0.15, -0.1) is 0 Å². The summed E-state index contributed by atoms with van der Waals surface area (Å²) < 4.78 is 13.3. The van der Waals surface area contributed by atoms with Gasteiger partial charge in [-0.1, -0.05) is 11.8 Å². The van der Waals surface area contributed by atoms with E-state index in [4.69, 9.17) is 5.73 Å². The molecule has 1 aromatic rings. The number of halogens is 1. The first-order valence-corrected chi connectivity index (χ1v) is 6.21. The summed E-state index contributed by atoms with van der Waals surface area (Å²) in [4.78, 5) is 13.6. The maximum Gasteiger partial charge on any atom is 0.255 e. The van der Waals surface area contributed by atoms with E-state index in [9.17, 15) is 14.3 Å². The summed E-state index contributed by atoms with van der Waals surface area (Å²) in [5.41, 5.74) is 4.86. The normalized spacial score (nSPS) is 10.7. The lowest BCUT2D eigenvalue weighted by molar-refractivity contribution is 0.0367. The van der Waals surface area contributed by atoms with Gasteiger partial charge in [0, 0.05) is 19.2 Å². The number of rotatable bonds is 3. The zero-order valence-electron chi connectivity index (χ0n) is 11.9. The summed E-state index contributed by atoms with van der Waals surface area (Å²) in [6.07, 6.45) is 0. The molecule has 0 heterocycles. The third kappa shape index (κ3) is 4.65. The summed E-state index contributed by atoms with van der Waals surface area (Å²) in [5, 5.41) is 9.74. The molecule has 5 heteroatoms. The molecule has 0 bridgehead atoms. The molecule has 0 aliphatic heterocycles. The van der Waals surface area contributed by atoms with Crippen molar-refractivity contribution in [1.29, 1.82) is 0 Å². The molecule has 3 N–H and O–H groups in total. The topological polar surface area (TPSA) is 66.6 Å². The maximum absolute atomic E-state index is 13.3. The monoisotopic (exact) mass is 278 g/mol. The Hall–Kier alpha value is -1.90. The minimum absolute atomic E-state index is 0.131. The summed E-state index contributed by atoms with van der Waals surface area (Å²) >= 11 is 0. The Bertz CT molecular complexity index is 553. The highest BCUT2D eigenvalue weighted by molar-refractivity contribution is 5.96. The fourth-order valence-electron chi connectivity index (χ4n) is 1.81. The lowest BCUT2D eigenvalue weighted by Gasteiger charge is -2.26. The largest absolute Gasteiger partial charge is 0.389 e. The molecule has 1 rings (SSSR count). The van der Waals surface area contributed by atoms with Crippen LogP contribution >= 0.6 is 0 Å². The predicted octanol–water partition coefficient (Wildman–Crippen LogP) is 0.979. The lowest BCUT2D eigenvalue weighted by Crippen LogP contribution is -2.40.